The summed E-state index contributed by atoms with van der Waals surface area (Å²) in [6.45, 7) is 0. The normalized spacial score (nSPS) is 9.87. The maximum atomic E-state index is 11.2. The highest BCUT2D eigenvalue weighted by Crippen LogP contribution is 2.15. The molecule has 74 valence electrons. The van der Waals surface area contributed by atoms with Crippen LogP contribution >= 0.6 is 0 Å². The Morgan fingerprint density at radius 3 is 2.67 bits per heavy atom. The third kappa shape index (κ3) is 1.69. The van der Waals surface area contributed by atoms with Crippen molar-refractivity contribution < 1.29 is 9.59 Å². The number of carbonyl (C=O) groups excluding carboxylic acids is 2. The van der Waals surface area contributed by atoms with E-state index in [1.807, 2.05) is 30.3 Å². The molecular formula is C11H8N2O2. The van der Waals surface area contributed by atoms with E-state index < -0.39 is 5.91 Å². The third-order valence-corrected chi connectivity index (χ3v) is 2.01. The van der Waals surface area contributed by atoms with E-state index in [2.05, 4.69) is 4.98 Å². The van der Waals surface area contributed by atoms with Crippen molar-refractivity contribution in [1.82, 2.24) is 9.55 Å². The number of rotatable bonds is 2. The van der Waals surface area contributed by atoms with Gasteiger partial charge in [0.05, 0.1) is 0 Å². The van der Waals surface area contributed by atoms with Crippen LogP contribution in [0, 0.1) is 0 Å². The second-order valence-corrected chi connectivity index (χ2v) is 2.94. The van der Waals surface area contributed by atoms with Crippen LogP contribution in [-0.2, 0) is 4.79 Å². The lowest BCUT2D eigenvalue weighted by atomic mass is 10.2. The summed E-state index contributed by atoms with van der Waals surface area (Å²) in [5, 5.41) is 0. The quantitative estimate of drug-likeness (QED) is 0.543. The predicted molar refractivity (Wildman–Crippen MR) is 54.4 cm³/mol. The fraction of sp³-hybridized carbons (Fsp3) is 0. The molecule has 0 bridgehead atoms. The molecule has 2 aromatic rings. The number of carbonyl (C=O) groups is 2. The number of nitrogens with zero attached hydrogens (tertiary/aromatic N) is 2. The third-order valence-electron chi connectivity index (χ3n) is 2.01. The van der Waals surface area contributed by atoms with E-state index >= 15 is 0 Å². The molecule has 2 rings (SSSR count). The average Bonchev–Trinajstić information content (AvgIpc) is 2.78. The van der Waals surface area contributed by atoms with Gasteiger partial charge in [-0.15, -0.1) is 0 Å². The zero-order valence-electron chi connectivity index (χ0n) is 7.83. The molecule has 0 saturated carbocycles. The second-order valence-electron chi connectivity index (χ2n) is 2.94. The molecule has 0 unspecified atom stereocenters. The zero-order valence-corrected chi connectivity index (χ0v) is 7.83. The van der Waals surface area contributed by atoms with Gasteiger partial charge in [0.1, 0.15) is 5.82 Å². The van der Waals surface area contributed by atoms with Gasteiger partial charge in [0.25, 0.3) is 5.91 Å². The minimum atomic E-state index is -0.619. The monoisotopic (exact) mass is 200 g/mol. The predicted octanol–water partition coefficient (Wildman–Crippen LogP) is 1.39. The van der Waals surface area contributed by atoms with E-state index in [4.69, 9.17) is 0 Å². The summed E-state index contributed by atoms with van der Waals surface area (Å²) in [4.78, 5) is 25.7. The van der Waals surface area contributed by atoms with Crippen LogP contribution in [0.1, 0.15) is 4.79 Å². The molecule has 0 spiro atoms. The van der Waals surface area contributed by atoms with Crippen LogP contribution in [0.4, 0.5) is 0 Å². The highest BCUT2D eigenvalue weighted by Gasteiger charge is 2.10. The Labute approximate surface area is 86.2 Å². The fourth-order valence-corrected chi connectivity index (χ4v) is 1.34. The number of imidazole rings is 1. The molecule has 4 heteroatoms. The highest BCUT2D eigenvalue weighted by molar-refractivity contribution is 6.25. The Morgan fingerprint density at radius 1 is 1.27 bits per heavy atom. The smallest absolute Gasteiger partial charge is 0.292 e. The first-order valence-corrected chi connectivity index (χ1v) is 4.41. The Balaban J connectivity index is 2.50. The van der Waals surface area contributed by atoms with Crippen molar-refractivity contribution in [3.05, 3.63) is 42.7 Å². The van der Waals surface area contributed by atoms with E-state index in [-0.39, 0.29) is 6.29 Å². The van der Waals surface area contributed by atoms with Crippen molar-refractivity contribution in [1.29, 1.82) is 0 Å². The van der Waals surface area contributed by atoms with Crippen LogP contribution in [0.25, 0.3) is 11.4 Å². The first-order valence-electron chi connectivity index (χ1n) is 4.41. The number of hydrogen-bond donors (Lipinski definition) is 0. The van der Waals surface area contributed by atoms with E-state index in [0.717, 1.165) is 5.56 Å². The van der Waals surface area contributed by atoms with Gasteiger partial charge in [-0.2, -0.15) is 0 Å². The summed E-state index contributed by atoms with van der Waals surface area (Å²) in [6.07, 6.45) is 3.23. The fourth-order valence-electron chi connectivity index (χ4n) is 1.34. The molecule has 0 radical (unpaired) electrons. The molecule has 4 nitrogen and oxygen atoms in total. The summed E-state index contributed by atoms with van der Waals surface area (Å²) in [6, 6.07) is 9.23. The molecule has 0 saturated heterocycles. The van der Waals surface area contributed by atoms with Gasteiger partial charge in [-0.05, 0) is 0 Å². The van der Waals surface area contributed by atoms with Crippen LogP contribution in [0.15, 0.2) is 42.7 Å². The first kappa shape index (κ1) is 9.33. The van der Waals surface area contributed by atoms with Crippen molar-refractivity contribution >= 4 is 12.2 Å². The van der Waals surface area contributed by atoms with Gasteiger partial charge in [0, 0.05) is 18.0 Å². The van der Waals surface area contributed by atoms with Gasteiger partial charge >= 0.3 is 0 Å². The van der Waals surface area contributed by atoms with E-state index in [1.165, 1.54) is 17.0 Å². The van der Waals surface area contributed by atoms with Gasteiger partial charge in [-0.25, -0.2) is 4.98 Å². The molecule has 0 fully saturated rings. The van der Waals surface area contributed by atoms with Gasteiger partial charge in [0.15, 0.2) is 0 Å². The van der Waals surface area contributed by atoms with Crippen LogP contribution < -0.4 is 0 Å². The van der Waals surface area contributed by atoms with Crippen LogP contribution in [-0.4, -0.2) is 21.7 Å². The molecular weight excluding hydrogens is 192 g/mol. The first-order chi connectivity index (χ1) is 7.33. The highest BCUT2D eigenvalue weighted by atomic mass is 16.2. The molecule has 15 heavy (non-hydrogen) atoms. The van der Waals surface area contributed by atoms with Crippen molar-refractivity contribution in [3.63, 3.8) is 0 Å². The summed E-state index contributed by atoms with van der Waals surface area (Å²) in [7, 11) is 0. The van der Waals surface area contributed by atoms with Crippen LogP contribution in [0.2, 0.25) is 0 Å². The average molecular weight is 200 g/mol. The van der Waals surface area contributed by atoms with Gasteiger partial charge in [-0.3, -0.25) is 14.2 Å². The molecule has 0 aliphatic heterocycles. The van der Waals surface area contributed by atoms with Crippen molar-refractivity contribution in [2.45, 2.75) is 0 Å². The molecule has 0 N–H and O–H groups in total. The summed E-state index contributed by atoms with van der Waals surface area (Å²) in [5.41, 5.74) is 0.803. The number of aldehydes is 1. The Bertz CT molecular complexity index is 488. The van der Waals surface area contributed by atoms with Crippen LogP contribution in [0.5, 0.6) is 0 Å². The largest absolute Gasteiger partial charge is 0.296 e. The van der Waals surface area contributed by atoms with Crippen molar-refractivity contribution in [3.8, 4) is 11.4 Å². The summed E-state index contributed by atoms with van der Waals surface area (Å²) >= 11 is 0. The molecule has 1 aromatic carbocycles. The zero-order chi connectivity index (χ0) is 10.7. The molecule has 0 aliphatic carbocycles. The Morgan fingerprint density at radius 2 is 2.00 bits per heavy atom. The summed E-state index contributed by atoms with van der Waals surface area (Å²) < 4.78 is 1.22. The minimum absolute atomic E-state index is 0.272. The second kappa shape index (κ2) is 3.88. The molecule has 1 heterocycles. The minimum Gasteiger partial charge on any atom is -0.292 e. The van der Waals surface area contributed by atoms with E-state index in [9.17, 15) is 9.59 Å². The topological polar surface area (TPSA) is 52.0 Å². The Hall–Kier alpha value is -2.23. The number of hydrogen-bond acceptors (Lipinski definition) is 3. The molecule has 0 atom stereocenters. The maximum absolute atomic E-state index is 11.2. The van der Waals surface area contributed by atoms with Gasteiger partial charge < -0.3 is 0 Å². The molecule has 0 amide bonds. The molecule has 0 aliphatic rings. The van der Waals surface area contributed by atoms with E-state index in [1.54, 1.807) is 0 Å². The van der Waals surface area contributed by atoms with Gasteiger partial charge in [0.2, 0.25) is 6.29 Å². The van der Waals surface area contributed by atoms with Crippen LogP contribution in [0.3, 0.4) is 0 Å². The lowest BCUT2D eigenvalue weighted by molar-refractivity contribution is -0.105. The SMILES string of the molecule is O=CC(=O)n1ccnc1-c1ccccc1. The lowest BCUT2D eigenvalue weighted by Crippen LogP contribution is -2.11. The standard InChI is InChI=1S/C11H8N2O2/c14-8-10(15)13-7-6-12-11(13)9-4-2-1-3-5-9/h1-8H. The van der Waals surface area contributed by atoms with Crippen molar-refractivity contribution in [2.24, 2.45) is 0 Å². The number of aromatic nitrogens is 2. The lowest BCUT2D eigenvalue weighted by Gasteiger charge is -2.01. The van der Waals surface area contributed by atoms with Gasteiger partial charge in [-0.1, -0.05) is 30.3 Å². The maximum Gasteiger partial charge on any atom is 0.296 e. The Kier molecular flexibility index (Phi) is 2.41. The number of benzene rings is 1. The van der Waals surface area contributed by atoms with Crippen molar-refractivity contribution in [2.75, 3.05) is 0 Å². The molecule has 1 aromatic heterocycles. The summed E-state index contributed by atoms with van der Waals surface area (Å²) in [5.74, 6) is -0.140. The van der Waals surface area contributed by atoms with E-state index in [0.29, 0.717) is 5.82 Å².